The molecule has 1 aliphatic rings. The number of amides is 1. The minimum absolute atomic E-state index is 0.00667. The van der Waals surface area contributed by atoms with E-state index in [9.17, 15) is 9.90 Å². The van der Waals surface area contributed by atoms with Gasteiger partial charge >= 0.3 is 0 Å². The van der Waals surface area contributed by atoms with Crippen LogP contribution in [-0.2, 0) is 0 Å². The third kappa shape index (κ3) is 2.58. The smallest absolute Gasteiger partial charge is 0.252 e. The van der Waals surface area contributed by atoms with Crippen molar-refractivity contribution in [2.24, 2.45) is 5.92 Å². The monoisotopic (exact) mass is 289 g/mol. The number of hydrogen-bond acceptors (Lipinski definition) is 3. The standard InChI is InChI=1S/C16H19NO2S/c18-9-11-5-1-3-7-14(11)17-16(19)13-10-20-15-8-4-2-6-12(13)15/h2,4,6,8,10-11,14,18H,1,3,5,7,9H2,(H,17,19). The van der Waals surface area contributed by atoms with E-state index in [1.165, 1.54) is 0 Å². The summed E-state index contributed by atoms with van der Waals surface area (Å²) in [5.74, 6) is 0.199. The van der Waals surface area contributed by atoms with Gasteiger partial charge in [-0.05, 0) is 18.9 Å². The van der Waals surface area contributed by atoms with E-state index in [0.717, 1.165) is 41.3 Å². The Morgan fingerprint density at radius 1 is 1.30 bits per heavy atom. The molecule has 2 unspecified atom stereocenters. The Kier molecular flexibility index (Phi) is 4.03. The highest BCUT2D eigenvalue weighted by Gasteiger charge is 2.26. The molecule has 2 aromatic rings. The summed E-state index contributed by atoms with van der Waals surface area (Å²) in [6.45, 7) is 0.162. The first-order valence-electron chi connectivity index (χ1n) is 7.17. The van der Waals surface area contributed by atoms with Crippen LogP contribution in [0, 0.1) is 5.92 Å². The van der Waals surface area contributed by atoms with Crippen molar-refractivity contribution in [2.75, 3.05) is 6.61 Å². The average Bonchev–Trinajstić information content (AvgIpc) is 2.92. The molecule has 0 aliphatic heterocycles. The average molecular weight is 289 g/mol. The lowest BCUT2D eigenvalue weighted by atomic mass is 9.85. The molecule has 3 nitrogen and oxygen atoms in total. The maximum Gasteiger partial charge on any atom is 0.252 e. The van der Waals surface area contributed by atoms with E-state index in [1.807, 2.05) is 29.6 Å². The minimum atomic E-state index is -0.00667. The number of nitrogens with one attached hydrogen (secondary N) is 1. The Balaban J connectivity index is 1.78. The van der Waals surface area contributed by atoms with E-state index >= 15 is 0 Å². The molecule has 1 saturated carbocycles. The molecule has 1 aromatic carbocycles. The molecule has 106 valence electrons. The lowest BCUT2D eigenvalue weighted by molar-refractivity contribution is 0.0874. The van der Waals surface area contributed by atoms with Gasteiger partial charge in [0, 0.05) is 34.0 Å². The topological polar surface area (TPSA) is 49.3 Å². The summed E-state index contributed by atoms with van der Waals surface area (Å²) in [4.78, 5) is 12.5. The van der Waals surface area contributed by atoms with Crippen molar-refractivity contribution in [3.8, 4) is 0 Å². The van der Waals surface area contributed by atoms with Gasteiger partial charge in [0.1, 0.15) is 0 Å². The molecule has 0 radical (unpaired) electrons. The van der Waals surface area contributed by atoms with Gasteiger partial charge in [-0.2, -0.15) is 0 Å². The summed E-state index contributed by atoms with van der Waals surface area (Å²) in [5.41, 5.74) is 0.757. The molecule has 1 aromatic heterocycles. The van der Waals surface area contributed by atoms with Crippen molar-refractivity contribution in [3.63, 3.8) is 0 Å². The van der Waals surface area contributed by atoms with Gasteiger partial charge in [0.25, 0.3) is 5.91 Å². The molecule has 20 heavy (non-hydrogen) atoms. The highest BCUT2D eigenvalue weighted by Crippen LogP contribution is 2.27. The third-order valence-corrected chi connectivity index (χ3v) is 5.15. The van der Waals surface area contributed by atoms with Crippen LogP contribution in [0.1, 0.15) is 36.0 Å². The summed E-state index contributed by atoms with van der Waals surface area (Å²) in [6.07, 6.45) is 4.26. The number of aliphatic hydroxyl groups is 1. The number of benzene rings is 1. The first kappa shape index (κ1) is 13.6. The number of rotatable bonds is 3. The van der Waals surface area contributed by atoms with Gasteiger partial charge < -0.3 is 10.4 Å². The molecule has 1 amide bonds. The van der Waals surface area contributed by atoms with E-state index in [4.69, 9.17) is 0 Å². The second kappa shape index (κ2) is 5.94. The van der Waals surface area contributed by atoms with Crippen LogP contribution >= 0.6 is 11.3 Å². The molecule has 1 heterocycles. The van der Waals surface area contributed by atoms with Crippen molar-refractivity contribution in [1.82, 2.24) is 5.32 Å². The largest absolute Gasteiger partial charge is 0.396 e. The molecular formula is C16H19NO2S. The molecule has 1 aliphatic carbocycles. The number of fused-ring (bicyclic) bond motifs is 1. The van der Waals surface area contributed by atoms with E-state index in [2.05, 4.69) is 5.32 Å². The Labute approximate surface area is 122 Å². The van der Waals surface area contributed by atoms with Crippen LogP contribution in [0.4, 0.5) is 0 Å². The zero-order valence-electron chi connectivity index (χ0n) is 11.3. The van der Waals surface area contributed by atoms with Gasteiger partial charge in [-0.15, -0.1) is 11.3 Å². The van der Waals surface area contributed by atoms with Crippen molar-refractivity contribution in [3.05, 3.63) is 35.2 Å². The molecule has 0 spiro atoms. The second-order valence-electron chi connectivity index (χ2n) is 5.45. The molecule has 0 saturated heterocycles. The summed E-state index contributed by atoms with van der Waals surface area (Å²) in [6, 6.07) is 8.09. The van der Waals surface area contributed by atoms with Gasteiger partial charge in [0.2, 0.25) is 0 Å². The normalized spacial score (nSPS) is 22.9. The third-order valence-electron chi connectivity index (χ3n) is 4.19. The SMILES string of the molecule is O=C(NC1CCCCC1CO)c1csc2ccccc12. The van der Waals surface area contributed by atoms with Crippen molar-refractivity contribution in [2.45, 2.75) is 31.7 Å². The van der Waals surface area contributed by atoms with E-state index in [1.54, 1.807) is 11.3 Å². The van der Waals surface area contributed by atoms with Crippen LogP contribution in [0.3, 0.4) is 0 Å². The molecule has 0 bridgehead atoms. The molecule has 2 N–H and O–H groups in total. The number of carbonyl (C=O) groups excluding carboxylic acids is 1. The maximum absolute atomic E-state index is 12.5. The van der Waals surface area contributed by atoms with E-state index in [-0.39, 0.29) is 24.5 Å². The highest BCUT2D eigenvalue weighted by molar-refractivity contribution is 7.17. The van der Waals surface area contributed by atoms with E-state index in [0.29, 0.717) is 0 Å². The lowest BCUT2D eigenvalue weighted by Crippen LogP contribution is -2.43. The fourth-order valence-corrected chi connectivity index (χ4v) is 3.96. The van der Waals surface area contributed by atoms with Crippen molar-refractivity contribution in [1.29, 1.82) is 0 Å². The van der Waals surface area contributed by atoms with Gasteiger partial charge in [0.15, 0.2) is 0 Å². The minimum Gasteiger partial charge on any atom is -0.396 e. The fraction of sp³-hybridized carbons (Fsp3) is 0.438. The number of thiophene rings is 1. The molecule has 1 fully saturated rings. The van der Waals surface area contributed by atoms with Crippen LogP contribution in [0.15, 0.2) is 29.6 Å². The zero-order chi connectivity index (χ0) is 13.9. The zero-order valence-corrected chi connectivity index (χ0v) is 12.2. The first-order valence-corrected chi connectivity index (χ1v) is 8.05. The van der Waals surface area contributed by atoms with Gasteiger partial charge in [-0.25, -0.2) is 0 Å². The van der Waals surface area contributed by atoms with Crippen LogP contribution in [-0.4, -0.2) is 23.7 Å². The summed E-state index contributed by atoms with van der Waals surface area (Å²) in [7, 11) is 0. The Morgan fingerprint density at radius 3 is 2.95 bits per heavy atom. The predicted octanol–water partition coefficient (Wildman–Crippen LogP) is 3.18. The lowest BCUT2D eigenvalue weighted by Gasteiger charge is -2.30. The quantitative estimate of drug-likeness (QED) is 0.911. The Hall–Kier alpha value is -1.39. The highest BCUT2D eigenvalue weighted by atomic mass is 32.1. The number of hydrogen-bond donors (Lipinski definition) is 2. The summed E-state index contributed by atoms with van der Waals surface area (Å²) in [5, 5.41) is 15.5. The van der Waals surface area contributed by atoms with Crippen molar-refractivity contribution >= 4 is 27.3 Å². The molecular weight excluding hydrogens is 270 g/mol. The van der Waals surface area contributed by atoms with Gasteiger partial charge in [-0.1, -0.05) is 31.0 Å². The van der Waals surface area contributed by atoms with Crippen LogP contribution < -0.4 is 5.32 Å². The predicted molar refractivity (Wildman–Crippen MR) is 82.1 cm³/mol. The molecule has 3 rings (SSSR count). The van der Waals surface area contributed by atoms with Gasteiger partial charge in [0.05, 0.1) is 5.56 Å². The summed E-state index contributed by atoms with van der Waals surface area (Å²) >= 11 is 1.60. The number of carbonyl (C=O) groups is 1. The summed E-state index contributed by atoms with van der Waals surface area (Å²) < 4.78 is 1.14. The second-order valence-corrected chi connectivity index (χ2v) is 6.36. The first-order chi connectivity index (χ1) is 9.79. The van der Waals surface area contributed by atoms with Crippen molar-refractivity contribution < 1.29 is 9.90 Å². The van der Waals surface area contributed by atoms with Crippen LogP contribution in [0.2, 0.25) is 0 Å². The fourth-order valence-electron chi connectivity index (χ4n) is 3.02. The van der Waals surface area contributed by atoms with Crippen LogP contribution in [0.25, 0.3) is 10.1 Å². The molecule has 2 atom stereocenters. The number of aliphatic hydroxyl groups excluding tert-OH is 1. The van der Waals surface area contributed by atoms with E-state index < -0.39 is 0 Å². The molecule has 4 heteroatoms. The Bertz CT molecular complexity index is 607. The van der Waals surface area contributed by atoms with Crippen LogP contribution in [0.5, 0.6) is 0 Å². The maximum atomic E-state index is 12.5. The van der Waals surface area contributed by atoms with Gasteiger partial charge in [-0.3, -0.25) is 4.79 Å². The Morgan fingerprint density at radius 2 is 2.10 bits per heavy atom.